The summed E-state index contributed by atoms with van der Waals surface area (Å²) in [6, 6.07) is 0. The molecule has 3 heterocycles. The van der Waals surface area contributed by atoms with E-state index in [-0.39, 0.29) is 12.1 Å². The lowest BCUT2D eigenvalue weighted by Gasteiger charge is -2.35. The Balaban J connectivity index is 1.31. The molecule has 0 bridgehead atoms. The van der Waals surface area contributed by atoms with Crippen molar-refractivity contribution in [3.63, 3.8) is 0 Å². The number of hydrogen-bond donors (Lipinski definition) is 0. The second kappa shape index (κ2) is 6.95. The number of ether oxygens (including phenoxy) is 6. The minimum atomic E-state index is -0.575. The lowest BCUT2D eigenvalue weighted by molar-refractivity contribution is -0.261. The zero-order chi connectivity index (χ0) is 18.5. The molecule has 2 saturated carbocycles. The quantitative estimate of drug-likeness (QED) is 0.680. The Kier molecular flexibility index (Phi) is 4.71. The number of carbonyl (C=O) groups is 1. The van der Waals surface area contributed by atoms with Crippen LogP contribution in [0.2, 0.25) is 0 Å². The van der Waals surface area contributed by atoms with Crippen LogP contribution in [-0.2, 0) is 33.2 Å². The fourth-order valence-electron chi connectivity index (χ4n) is 5.40. The van der Waals surface area contributed by atoms with E-state index in [2.05, 4.69) is 0 Å². The van der Waals surface area contributed by atoms with Crippen molar-refractivity contribution < 1.29 is 33.2 Å². The smallest absolute Gasteiger partial charge is 0.303 e. The molecule has 7 heteroatoms. The van der Waals surface area contributed by atoms with Gasteiger partial charge in [-0.2, -0.15) is 0 Å². The highest BCUT2D eigenvalue weighted by atomic mass is 16.9. The molecule has 7 nitrogen and oxygen atoms in total. The van der Waals surface area contributed by atoms with Crippen LogP contribution in [0.4, 0.5) is 0 Å². The Labute approximate surface area is 159 Å². The second-order valence-corrected chi connectivity index (χ2v) is 8.65. The van der Waals surface area contributed by atoms with Gasteiger partial charge in [0.2, 0.25) is 0 Å². The monoisotopic (exact) mass is 382 g/mol. The first-order chi connectivity index (χ1) is 13.1. The third-order valence-corrected chi connectivity index (χ3v) is 6.66. The summed E-state index contributed by atoms with van der Waals surface area (Å²) in [7, 11) is 0. The Bertz CT molecular complexity index is 567. The maximum Gasteiger partial charge on any atom is 0.303 e. The van der Waals surface area contributed by atoms with Crippen LogP contribution in [-0.4, -0.2) is 54.9 Å². The topological polar surface area (TPSA) is 72.5 Å². The highest BCUT2D eigenvalue weighted by molar-refractivity contribution is 5.66. The van der Waals surface area contributed by atoms with Gasteiger partial charge in [0.25, 0.3) is 0 Å². The molecule has 0 amide bonds. The van der Waals surface area contributed by atoms with Gasteiger partial charge in [-0.05, 0) is 25.7 Å². The molecular formula is C20H30O7. The first-order valence-corrected chi connectivity index (χ1v) is 10.6. The van der Waals surface area contributed by atoms with Crippen LogP contribution in [0.15, 0.2) is 0 Å². The molecule has 0 aromatic carbocycles. The molecule has 0 unspecified atom stereocenters. The SMILES string of the molecule is CC(=O)O[C@@H]1[C@H]([C@@H]2COC3(CCCCC3)O2)O[C@@H]2OC3(CCCCC3)O[C@@H]21. The van der Waals surface area contributed by atoms with Gasteiger partial charge in [0.1, 0.15) is 12.2 Å². The van der Waals surface area contributed by atoms with Crippen LogP contribution in [0.5, 0.6) is 0 Å². The van der Waals surface area contributed by atoms with Gasteiger partial charge in [-0.1, -0.05) is 12.8 Å². The van der Waals surface area contributed by atoms with Crippen molar-refractivity contribution in [2.24, 2.45) is 0 Å². The number of hydrogen-bond acceptors (Lipinski definition) is 7. The Morgan fingerprint density at radius 3 is 2.19 bits per heavy atom. The van der Waals surface area contributed by atoms with Crippen LogP contribution in [0, 0.1) is 0 Å². The van der Waals surface area contributed by atoms with Crippen molar-refractivity contribution in [3.05, 3.63) is 0 Å². The third kappa shape index (κ3) is 3.31. The highest BCUT2D eigenvalue weighted by Crippen LogP contribution is 2.48. The number of esters is 1. The van der Waals surface area contributed by atoms with Crippen molar-refractivity contribution in [1.29, 1.82) is 0 Å². The van der Waals surface area contributed by atoms with Crippen LogP contribution in [0.1, 0.15) is 71.1 Å². The molecule has 3 aliphatic heterocycles. The highest BCUT2D eigenvalue weighted by Gasteiger charge is 2.62. The van der Waals surface area contributed by atoms with Gasteiger partial charge in [-0.15, -0.1) is 0 Å². The van der Waals surface area contributed by atoms with Gasteiger partial charge in [-0.25, -0.2) is 0 Å². The molecule has 152 valence electrons. The fraction of sp³-hybridized carbons (Fsp3) is 0.950. The normalized spacial score (nSPS) is 42.5. The third-order valence-electron chi connectivity index (χ3n) is 6.66. The molecule has 0 N–H and O–H groups in total. The second-order valence-electron chi connectivity index (χ2n) is 8.65. The molecule has 5 rings (SSSR count). The van der Waals surface area contributed by atoms with Gasteiger partial charge in [0.15, 0.2) is 30.1 Å². The molecule has 5 fully saturated rings. The first kappa shape index (κ1) is 18.3. The molecular weight excluding hydrogens is 352 g/mol. The molecule has 0 aromatic heterocycles. The van der Waals surface area contributed by atoms with E-state index in [1.807, 2.05) is 0 Å². The zero-order valence-electron chi connectivity index (χ0n) is 16.0. The van der Waals surface area contributed by atoms with Crippen molar-refractivity contribution in [2.45, 2.75) is 113 Å². The van der Waals surface area contributed by atoms with Gasteiger partial charge >= 0.3 is 5.97 Å². The van der Waals surface area contributed by atoms with E-state index in [0.717, 1.165) is 51.4 Å². The van der Waals surface area contributed by atoms with E-state index in [0.29, 0.717) is 6.61 Å². The summed E-state index contributed by atoms with van der Waals surface area (Å²) < 4.78 is 36.8. The van der Waals surface area contributed by atoms with E-state index in [1.165, 1.54) is 19.8 Å². The van der Waals surface area contributed by atoms with Crippen LogP contribution < -0.4 is 0 Å². The molecule has 2 aliphatic carbocycles. The Hall–Kier alpha value is -0.730. The van der Waals surface area contributed by atoms with Crippen LogP contribution >= 0.6 is 0 Å². The van der Waals surface area contributed by atoms with Crippen LogP contribution in [0.25, 0.3) is 0 Å². The molecule has 0 aromatic rings. The van der Waals surface area contributed by atoms with E-state index < -0.39 is 36.2 Å². The summed E-state index contributed by atoms with van der Waals surface area (Å²) in [4.78, 5) is 11.8. The standard InChI is InChI=1S/C20H30O7/c1-13(21)23-16-15(14-12-22-19(25-14)8-4-2-5-9-19)24-18-17(16)26-20(27-18)10-6-3-7-11-20/h14-18H,2-12H2,1H3/t14-,15-,16+,17+,18+/m0/s1. The average Bonchev–Trinajstić information content (AvgIpc) is 3.29. The lowest BCUT2D eigenvalue weighted by Crippen LogP contribution is -2.46. The summed E-state index contributed by atoms with van der Waals surface area (Å²) in [5, 5.41) is 0. The maximum absolute atomic E-state index is 11.8. The fourth-order valence-corrected chi connectivity index (χ4v) is 5.40. The first-order valence-electron chi connectivity index (χ1n) is 10.6. The minimum absolute atomic E-state index is 0.271. The predicted molar refractivity (Wildman–Crippen MR) is 92.6 cm³/mol. The molecule has 3 saturated heterocycles. The summed E-state index contributed by atoms with van der Waals surface area (Å²) >= 11 is 0. The lowest BCUT2D eigenvalue weighted by atomic mass is 9.94. The van der Waals surface area contributed by atoms with Gasteiger partial charge < -0.3 is 28.4 Å². The molecule has 5 aliphatic rings. The van der Waals surface area contributed by atoms with Gasteiger partial charge in [0, 0.05) is 32.6 Å². The van der Waals surface area contributed by atoms with Crippen molar-refractivity contribution >= 4 is 5.97 Å². The molecule has 2 spiro atoms. The van der Waals surface area contributed by atoms with Gasteiger partial charge in [0.05, 0.1) is 6.61 Å². The molecule has 27 heavy (non-hydrogen) atoms. The Morgan fingerprint density at radius 1 is 0.852 bits per heavy atom. The number of fused-ring (bicyclic) bond motifs is 1. The van der Waals surface area contributed by atoms with Crippen molar-refractivity contribution in [1.82, 2.24) is 0 Å². The number of rotatable bonds is 2. The average molecular weight is 382 g/mol. The maximum atomic E-state index is 11.8. The van der Waals surface area contributed by atoms with Crippen molar-refractivity contribution in [2.75, 3.05) is 6.61 Å². The van der Waals surface area contributed by atoms with E-state index in [9.17, 15) is 4.79 Å². The molecule has 0 radical (unpaired) electrons. The zero-order valence-corrected chi connectivity index (χ0v) is 16.0. The van der Waals surface area contributed by atoms with Gasteiger partial charge in [-0.3, -0.25) is 4.79 Å². The number of carbonyl (C=O) groups excluding carboxylic acids is 1. The minimum Gasteiger partial charge on any atom is -0.457 e. The largest absolute Gasteiger partial charge is 0.457 e. The van der Waals surface area contributed by atoms with E-state index in [1.54, 1.807) is 0 Å². The summed E-state index contributed by atoms with van der Waals surface area (Å²) in [5.74, 6) is -1.40. The summed E-state index contributed by atoms with van der Waals surface area (Å²) in [6.45, 7) is 1.87. The summed E-state index contributed by atoms with van der Waals surface area (Å²) in [5.41, 5.74) is 0. The van der Waals surface area contributed by atoms with Crippen LogP contribution in [0.3, 0.4) is 0 Å². The summed E-state index contributed by atoms with van der Waals surface area (Å²) in [6.07, 6.45) is 8.27. The predicted octanol–water partition coefficient (Wildman–Crippen LogP) is 2.79. The van der Waals surface area contributed by atoms with E-state index >= 15 is 0 Å². The molecule has 5 atom stereocenters. The van der Waals surface area contributed by atoms with Crippen molar-refractivity contribution in [3.8, 4) is 0 Å². The Morgan fingerprint density at radius 2 is 1.52 bits per heavy atom. The van der Waals surface area contributed by atoms with E-state index in [4.69, 9.17) is 28.4 Å².